The molecular formula is C31H33Cl2N7O. The number of anilines is 3. The molecule has 1 fully saturated rings. The summed E-state index contributed by atoms with van der Waals surface area (Å²) >= 11 is 12.9. The van der Waals surface area contributed by atoms with Crippen LogP contribution in [0.5, 0.6) is 0 Å². The molecule has 2 N–H and O–H groups in total. The van der Waals surface area contributed by atoms with E-state index >= 15 is 0 Å². The normalized spacial score (nSPS) is 16.0. The molecule has 1 atom stereocenters. The van der Waals surface area contributed by atoms with Crippen LogP contribution in [0.25, 0.3) is 11.3 Å². The van der Waals surface area contributed by atoms with Crippen molar-refractivity contribution >= 4 is 46.4 Å². The van der Waals surface area contributed by atoms with Gasteiger partial charge in [0.1, 0.15) is 5.69 Å². The molecular weight excluding hydrogens is 557 g/mol. The highest BCUT2D eigenvalue weighted by Crippen LogP contribution is 2.34. The number of aryl methyl sites for hydroxylation is 1. The van der Waals surface area contributed by atoms with Gasteiger partial charge in [-0.3, -0.25) is 4.79 Å². The first-order valence-corrected chi connectivity index (χ1v) is 14.8. The number of carbonyl (C=O) groups is 1. The van der Waals surface area contributed by atoms with Crippen LogP contribution in [0, 0.1) is 6.92 Å². The molecule has 2 aliphatic rings. The number of carbonyl (C=O) groups excluding carboxylic acids is 1. The Balaban J connectivity index is 1.23. The van der Waals surface area contributed by atoms with Crippen molar-refractivity contribution in [3.05, 3.63) is 87.8 Å². The molecule has 2 aromatic carbocycles. The number of hydrogen-bond acceptors (Lipinski definition) is 6. The number of aromatic nitrogens is 3. The lowest BCUT2D eigenvalue weighted by Gasteiger charge is -2.35. The van der Waals surface area contributed by atoms with Gasteiger partial charge in [-0.2, -0.15) is 0 Å². The van der Waals surface area contributed by atoms with Gasteiger partial charge >= 0.3 is 0 Å². The third kappa shape index (κ3) is 5.64. The van der Waals surface area contributed by atoms with E-state index in [0.29, 0.717) is 34.8 Å². The number of nitrogens with one attached hydrogen (secondary N) is 2. The van der Waals surface area contributed by atoms with Crippen LogP contribution < -0.4 is 15.5 Å². The molecule has 4 heterocycles. The monoisotopic (exact) mass is 589 g/mol. The van der Waals surface area contributed by atoms with E-state index in [4.69, 9.17) is 28.2 Å². The third-order valence-electron chi connectivity index (χ3n) is 7.88. The first-order valence-electron chi connectivity index (χ1n) is 14.0. The molecule has 10 heteroatoms. The molecule has 1 saturated heterocycles. The Morgan fingerprint density at radius 3 is 2.63 bits per heavy atom. The molecule has 0 bridgehead atoms. The average Bonchev–Trinajstić information content (AvgIpc) is 3.42. The van der Waals surface area contributed by atoms with E-state index in [1.165, 1.54) is 0 Å². The maximum Gasteiger partial charge on any atom is 0.271 e. The molecule has 0 saturated carbocycles. The molecule has 0 spiro atoms. The highest BCUT2D eigenvalue weighted by Gasteiger charge is 2.31. The van der Waals surface area contributed by atoms with E-state index in [0.717, 1.165) is 66.4 Å². The summed E-state index contributed by atoms with van der Waals surface area (Å²) in [5, 5.41) is 7.95. The Morgan fingerprint density at radius 1 is 1.05 bits per heavy atom. The largest absolute Gasteiger partial charge is 0.369 e. The van der Waals surface area contributed by atoms with Gasteiger partial charge in [0.05, 0.1) is 22.4 Å². The summed E-state index contributed by atoms with van der Waals surface area (Å²) in [6.45, 7) is 9.25. The van der Waals surface area contributed by atoms with Gasteiger partial charge < -0.3 is 25.0 Å². The van der Waals surface area contributed by atoms with Gasteiger partial charge in [-0.15, -0.1) is 0 Å². The maximum atomic E-state index is 13.7. The Bertz CT molecular complexity index is 1580. The Kier molecular flexibility index (Phi) is 7.88. The highest BCUT2D eigenvalue weighted by molar-refractivity contribution is 6.33. The predicted molar refractivity (Wildman–Crippen MR) is 166 cm³/mol. The lowest BCUT2D eigenvalue weighted by atomic mass is 10.0. The highest BCUT2D eigenvalue weighted by atomic mass is 35.5. The SMILES string of the molecule is CC[C@H](c1cccc(Cl)c1)N1CCn2cc(-c3nc(Nc4ccc(N5CCNCC5)cc4Cl)ncc3C)cc2C1=O. The Labute approximate surface area is 250 Å². The number of halogens is 2. The smallest absolute Gasteiger partial charge is 0.271 e. The summed E-state index contributed by atoms with van der Waals surface area (Å²) in [4.78, 5) is 27.3. The molecule has 0 radical (unpaired) electrons. The standard InChI is InChI=1S/C31H33Cl2N7O/c1-3-27(21-5-4-6-23(32)15-21)40-14-13-39-19-22(16-28(39)30(40)41)29-20(2)18-35-31(37-29)36-26-8-7-24(17-25(26)33)38-11-9-34-10-12-38/h4-8,15-19,27,34H,3,9-14H2,1-2H3,(H,35,36,37)/t27-/m1/s1. The number of fused-ring (bicyclic) bond motifs is 1. The van der Waals surface area contributed by atoms with E-state index in [-0.39, 0.29) is 11.9 Å². The molecule has 8 nitrogen and oxygen atoms in total. The minimum Gasteiger partial charge on any atom is -0.369 e. The van der Waals surface area contributed by atoms with Crippen LogP contribution in [0.4, 0.5) is 17.3 Å². The average molecular weight is 591 g/mol. The van der Waals surface area contributed by atoms with Gasteiger partial charge in [-0.05, 0) is 60.9 Å². The second-order valence-electron chi connectivity index (χ2n) is 10.5. The van der Waals surface area contributed by atoms with E-state index in [1.807, 2.05) is 65.1 Å². The minimum absolute atomic E-state index is 0.00995. The van der Waals surface area contributed by atoms with Crippen molar-refractivity contribution in [2.45, 2.75) is 32.9 Å². The van der Waals surface area contributed by atoms with Gasteiger partial charge in [-0.1, -0.05) is 42.3 Å². The van der Waals surface area contributed by atoms with Gasteiger partial charge in [0.2, 0.25) is 5.95 Å². The van der Waals surface area contributed by atoms with Crippen molar-refractivity contribution in [2.75, 3.05) is 42.9 Å². The quantitative estimate of drug-likeness (QED) is 0.262. The van der Waals surface area contributed by atoms with Crippen LogP contribution in [-0.4, -0.2) is 58.1 Å². The van der Waals surface area contributed by atoms with Gasteiger partial charge in [0.15, 0.2) is 0 Å². The summed E-state index contributed by atoms with van der Waals surface area (Å²) in [5.74, 6) is 0.460. The molecule has 41 heavy (non-hydrogen) atoms. The van der Waals surface area contributed by atoms with Crippen molar-refractivity contribution in [3.63, 3.8) is 0 Å². The summed E-state index contributed by atoms with van der Waals surface area (Å²) < 4.78 is 2.03. The van der Waals surface area contributed by atoms with Crippen molar-refractivity contribution < 1.29 is 4.79 Å². The topological polar surface area (TPSA) is 78.3 Å². The number of nitrogens with zero attached hydrogens (tertiary/aromatic N) is 5. The second-order valence-corrected chi connectivity index (χ2v) is 11.4. The number of piperazine rings is 1. The van der Waals surface area contributed by atoms with Crippen LogP contribution in [-0.2, 0) is 6.54 Å². The molecule has 0 aliphatic carbocycles. The lowest BCUT2D eigenvalue weighted by Crippen LogP contribution is -2.43. The lowest BCUT2D eigenvalue weighted by molar-refractivity contribution is 0.0610. The predicted octanol–water partition coefficient (Wildman–Crippen LogP) is 6.32. The van der Waals surface area contributed by atoms with Gasteiger partial charge in [-0.25, -0.2) is 9.97 Å². The molecule has 1 amide bonds. The zero-order chi connectivity index (χ0) is 28.5. The van der Waals surface area contributed by atoms with E-state index < -0.39 is 0 Å². The van der Waals surface area contributed by atoms with Crippen LogP contribution >= 0.6 is 23.2 Å². The number of rotatable bonds is 7. The first-order chi connectivity index (χ1) is 19.9. The van der Waals surface area contributed by atoms with Crippen LogP contribution in [0.15, 0.2) is 60.9 Å². The fourth-order valence-corrected chi connectivity index (χ4v) is 6.18. The Hall–Kier alpha value is -3.59. The van der Waals surface area contributed by atoms with E-state index in [2.05, 4.69) is 33.5 Å². The maximum absolute atomic E-state index is 13.7. The molecule has 6 rings (SSSR count). The minimum atomic E-state index is -0.0346. The fraction of sp³-hybridized carbons (Fsp3) is 0.323. The zero-order valence-corrected chi connectivity index (χ0v) is 24.7. The zero-order valence-electron chi connectivity index (χ0n) is 23.2. The molecule has 0 unspecified atom stereocenters. The van der Waals surface area contributed by atoms with Crippen LogP contribution in [0.1, 0.15) is 41.0 Å². The van der Waals surface area contributed by atoms with Crippen LogP contribution in [0.2, 0.25) is 10.0 Å². The molecule has 212 valence electrons. The summed E-state index contributed by atoms with van der Waals surface area (Å²) in [6.07, 6.45) is 4.61. The molecule has 4 aromatic rings. The van der Waals surface area contributed by atoms with E-state index in [9.17, 15) is 4.79 Å². The molecule has 2 aromatic heterocycles. The second kappa shape index (κ2) is 11.7. The first kappa shape index (κ1) is 27.6. The summed E-state index contributed by atoms with van der Waals surface area (Å²) in [6, 6.07) is 15.7. The van der Waals surface area contributed by atoms with Crippen molar-refractivity contribution in [2.24, 2.45) is 0 Å². The van der Waals surface area contributed by atoms with Crippen molar-refractivity contribution in [3.8, 4) is 11.3 Å². The summed E-state index contributed by atoms with van der Waals surface area (Å²) in [7, 11) is 0. The number of hydrogen-bond donors (Lipinski definition) is 2. The van der Waals surface area contributed by atoms with E-state index in [1.54, 1.807) is 6.20 Å². The summed E-state index contributed by atoms with van der Waals surface area (Å²) in [5.41, 5.74) is 6.14. The van der Waals surface area contributed by atoms with Crippen molar-refractivity contribution in [1.82, 2.24) is 24.8 Å². The van der Waals surface area contributed by atoms with Crippen LogP contribution in [0.3, 0.4) is 0 Å². The number of benzene rings is 2. The van der Waals surface area contributed by atoms with Gasteiger partial charge in [0, 0.05) is 67.9 Å². The van der Waals surface area contributed by atoms with Crippen molar-refractivity contribution in [1.29, 1.82) is 0 Å². The Morgan fingerprint density at radius 2 is 1.88 bits per heavy atom. The third-order valence-corrected chi connectivity index (χ3v) is 8.43. The fourth-order valence-electron chi connectivity index (χ4n) is 5.76. The molecule has 2 aliphatic heterocycles. The number of amides is 1. The van der Waals surface area contributed by atoms with Gasteiger partial charge in [0.25, 0.3) is 5.91 Å².